The van der Waals surface area contributed by atoms with Crippen LogP contribution in [0.5, 0.6) is 5.75 Å². The first-order chi connectivity index (χ1) is 8.74. The molecule has 3 nitrogen and oxygen atoms in total. The molecule has 0 saturated carbocycles. The highest BCUT2D eigenvalue weighted by atomic mass is 32.1. The average molecular weight is 262 g/mol. The van der Waals surface area contributed by atoms with Crippen molar-refractivity contribution in [3.05, 3.63) is 46.4 Å². The highest BCUT2D eigenvalue weighted by Crippen LogP contribution is 2.11. The molecule has 0 amide bonds. The molecule has 1 aromatic heterocycles. The lowest BCUT2D eigenvalue weighted by molar-refractivity contribution is 0.231. The van der Waals surface area contributed by atoms with Crippen molar-refractivity contribution >= 4 is 11.3 Å². The molecule has 1 heterocycles. The molecule has 0 aliphatic carbocycles. The third-order valence-electron chi connectivity index (χ3n) is 2.68. The molecule has 0 N–H and O–H groups in total. The zero-order valence-electron chi connectivity index (χ0n) is 10.8. The van der Waals surface area contributed by atoms with Crippen LogP contribution in [0.25, 0.3) is 0 Å². The molecule has 0 unspecified atom stereocenters. The summed E-state index contributed by atoms with van der Waals surface area (Å²) in [5.74, 6) is 0.933. The van der Waals surface area contributed by atoms with Gasteiger partial charge in [0.2, 0.25) is 0 Å². The fourth-order valence-corrected chi connectivity index (χ4v) is 2.17. The summed E-state index contributed by atoms with van der Waals surface area (Å²) in [7, 11) is 2.08. The van der Waals surface area contributed by atoms with Gasteiger partial charge in [0.1, 0.15) is 12.4 Å². The summed E-state index contributed by atoms with van der Waals surface area (Å²) in [5.41, 5.74) is 4.24. The van der Waals surface area contributed by atoms with Gasteiger partial charge in [-0.05, 0) is 26.1 Å². The number of likely N-dealkylation sites (N-methyl/N-ethyl adjacent to an activating group) is 1. The van der Waals surface area contributed by atoms with Crippen molar-refractivity contribution in [1.82, 2.24) is 9.88 Å². The summed E-state index contributed by atoms with van der Waals surface area (Å²) in [4.78, 5) is 6.48. The maximum Gasteiger partial charge on any atom is 0.119 e. The van der Waals surface area contributed by atoms with E-state index in [0.717, 1.165) is 24.5 Å². The molecule has 0 radical (unpaired) electrons. The van der Waals surface area contributed by atoms with Gasteiger partial charge >= 0.3 is 0 Å². The molecular weight excluding hydrogens is 244 g/mol. The average Bonchev–Trinajstić information content (AvgIpc) is 2.84. The van der Waals surface area contributed by atoms with Gasteiger partial charge in [-0.25, -0.2) is 4.98 Å². The quantitative estimate of drug-likeness (QED) is 0.800. The van der Waals surface area contributed by atoms with Gasteiger partial charge < -0.3 is 4.74 Å². The summed E-state index contributed by atoms with van der Waals surface area (Å²) in [5, 5.41) is 2.08. The second-order valence-electron chi connectivity index (χ2n) is 4.38. The molecule has 4 heteroatoms. The molecule has 18 heavy (non-hydrogen) atoms. The van der Waals surface area contributed by atoms with Crippen LogP contribution in [-0.2, 0) is 6.54 Å². The second kappa shape index (κ2) is 6.52. The highest BCUT2D eigenvalue weighted by molar-refractivity contribution is 7.07. The predicted octanol–water partition coefficient (Wildman–Crippen LogP) is 2.96. The Bertz CT molecular complexity index is 453. The molecule has 2 rings (SSSR count). The Hall–Kier alpha value is -1.39. The smallest absolute Gasteiger partial charge is 0.119 e. The van der Waals surface area contributed by atoms with Crippen LogP contribution in [0, 0.1) is 6.92 Å². The topological polar surface area (TPSA) is 25.4 Å². The van der Waals surface area contributed by atoms with E-state index in [-0.39, 0.29) is 0 Å². The van der Waals surface area contributed by atoms with E-state index in [2.05, 4.69) is 41.4 Å². The van der Waals surface area contributed by atoms with Crippen LogP contribution in [0.1, 0.15) is 11.3 Å². The summed E-state index contributed by atoms with van der Waals surface area (Å²) in [6.07, 6.45) is 0. The molecule has 0 aliphatic heterocycles. The minimum Gasteiger partial charge on any atom is -0.492 e. The Kier molecular flexibility index (Phi) is 4.73. The third kappa shape index (κ3) is 4.13. The lowest BCUT2D eigenvalue weighted by Gasteiger charge is -2.15. The van der Waals surface area contributed by atoms with Gasteiger partial charge in [0.05, 0.1) is 11.2 Å². The van der Waals surface area contributed by atoms with E-state index in [4.69, 9.17) is 4.74 Å². The zero-order valence-corrected chi connectivity index (χ0v) is 11.6. The van der Waals surface area contributed by atoms with Gasteiger partial charge in [-0.15, -0.1) is 11.3 Å². The Balaban J connectivity index is 1.70. The molecule has 0 fully saturated rings. The fraction of sp³-hybridized carbons (Fsp3) is 0.357. The SMILES string of the molecule is Cc1ccc(OCCN(C)Cc2cscn2)cc1. The van der Waals surface area contributed by atoms with Crippen LogP contribution in [0.4, 0.5) is 0 Å². The summed E-state index contributed by atoms with van der Waals surface area (Å²) in [6, 6.07) is 8.15. The normalized spacial score (nSPS) is 10.8. The van der Waals surface area contributed by atoms with Crippen LogP contribution < -0.4 is 4.74 Å². The van der Waals surface area contributed by atoms with Gasteiger partial charge in [0.25, 0.3) is 0 Å². The second-order valence-corrected chi connectivity index (χ2v) is 5.10. The lowest BCUT2D eigenvalue weighted by atomic mass is 10.2. The number of hydrogen-bond acceptors (Lipinski definition) is 4. The fourth-order valence-electron chi connectivity index (χ4n) is 1.63. The minimum absolute atomic E-state index is 0.698. The first-order valence-electron chi connectivity index (χ1n) is 5.99. The maximum atomic E-state index is 5.69. The van der Waals surface area contributed by atoms with E-state index in [1.165, 1.54) is 5.56 Å². The monoisotopic (exact) mass is 262 g/mol. The standard InChI is InChI=1S/C14H18N2OS/c1-12-3-5-14(6-4-12)17-8-7-16(2)9-13-10-18-11-15-13/h3-6,10-11H,7-9H2,1-2H3. The van der Waals surface area contributed by atoms with E-state index in [0.29, 0.717) is 6.61 Å². The van der Waals surface area contributed by atoms with Crippen LogP contribution in [-0.4, -0.2) is 30.1 Å². The van der Waals surface area contributed by atoms with Crippen molar-refractivity contribution < 1.29 is 4.74 Å². The largest absolute Gasteiger partial charge is 0.492 e. The Morgan fingerprint density at radius 3 is 2.72 bits per heavy atom. The number of thiazole rings is 1. The third-order valence-corrected chi connectivity index (χ3v) is 3.31. The van der Waals surface area contributed by atoms with Gasteiger partial charge in [-0.2, -0.15) is 0 Å². The van der Waals surface area contributed by atoms with Crippen molar-refractivity contribution in [2.75, 3.05) is 20.2 Å². The molecule has 1 aromatic carbocycles. The predicted molar refractivity (Wildman–Crippen MR) is 75.1 cm³/mol. The van der Waals surface area contributed by atoms with Crippen LogP contribution in [0.2, 0.25) is 0 Å². The van der Waals surface area contributed by atoms with Crippen LogP contribution in [0.3, 0.4) is 0 Å². The summed E-state index contributed by atoms with van der Waals surface area (Å²) < 4.78 is 5.69. The number of hydrogen-bond donors (Lipinski definition) is 0. The Morgan fingerprint density at radius 1 is 1.28 bits per heavy atom. The van der Waals surface area contributed by atoms with E-state index < -0.39 is 0 Å². The number of nitrogens with zero attached hydrogens (tertiary/aromatic N) is 2. The number of rotatable bonds is 6. The number of ether oxygens (including phenoxy) is 1. The number of aromatic nitrogens is 1. The molecule has 0 spiro atoms. The van der Waals surface area contributed by atoms with E-state index in [1.807, 2.05) is 17.6 Å². The molecule has 0 atom stereocenters. The van der Waals surface area contributed by atoms with Gasteiger partial charge in [-0.1, -0.05) is 17.7 Å². The Labute approximate surface area is 112 Å². The van der Waals surface area contributed by atoms with Crippen molar-refractivity contribution in [3.8, 4) is 5.75 Å². The number of benzene rings is 1. The summed E-state index contributed by atoms with van der Waals surface area (Å²) in [6.45, 7) is 4.54. The molecule has 0 bridgehead atoms. The molecule has 0 saturated heterocycles. The van der Waals surface area contributed by atoms with Crippen LogP contribution >= 0.6 is 11.3 Å². The maximum absolute atomic E-state index is 5.69. The van der Waals surface area contributed by atoms with Crippen molar-refractivity contribution in [2.45, 2.75) is 13.5 Å². The first-order valence-corrected chi connectivity index (χ1v) is 6.93. The van der Waals surface area contributed by atoms with Gasteiger partial charge in [-0.3, -0.25) is 4.90 Å². The Morgan fingerprint density at radius 2 is 2.06 bits per heavy atom. The van der Waals surface area contributed by atoms with Crippen molar-refractivity contribution in [1.29, 1.82) is 0 Å². The van der Waals surface area contributed by atoms with Crippen LogP contribution in [0.15, 0.2) is 35.2 Å². The van der Waals surface area contributed by atoms with E-state index >= 15 is 0 Å². The van der Waals surface area contributed by atoms with Crippen molar-refractivity contribution in [3.63, 3.8) is 0 Å². The van der Waals surface area contributed by atoms with Gasteiger partial charge in [0, 0.05) is 18.5 Å². The van der Waals surface area contributed by atoms with Crippen molar-refractivity contribution in [2.24, 2.45) is 0 Å². The zero-order chi connectivity index (χ0) is 12.8. The number of aryl methyl sites for hydroxylation is 1. The molecule has 2 aromatic rings. The first kappa shape index (κ1) is 13.1. The van der Waals surface area contributed by atoms with E-state index in [9.17, 15) is 0 Å². The lowest BCUT2D eigenvalue weighted by Crippen LogP contribution is -2.24. The molecule has 96 valence electrons. The summed E-state index contributed by atoms with van der Waals surface area (Å²) >= 11 is 1.63. The molecule has 0 aliphatic rings. The highest BCUT2D eigenvalue weighted by Gasteiger charge is 2.02. The molecular formula is C14H18N2OS. The van der Waals surface area contributed by atoms with E-state index in [1.54, 1.807) is 11.3 Å². The van der Waals surface area contributed by atoms with Gasteiger partial charge in [0.15, 0.2) is 0 Å². The minimum atomic E-state index is 0.698.